The molecule has 0 bridgehead atoms. The average Bonchev–Trinajstić information content (AvgIpc) is 3.25. The van der Waals surface area contributed by atoms with Crippen molar-refractivity contribution < 1.29 is 19.1 Å². The fourth-order valence-electron chi connectivity index (χ4n) is 4.95. The Balaban J connectivity index is 1.14. The fraction of sp³-hybridized carbons (Fsp3) is 0.500. The van der Waals surface area contributed by atoms with Crippen molar-refractivity contribution in [3.63, 3.8) is 0 Å². The quantitative estimate of drug-likeness (QED) is 0.543. The third kappa shape index (κ3) is 5.35. The van der Waals surface area contributed by atoms with Crippen molar-refractivity contribution >= 4 is 29.4 Å². The number of ether oxygens (including phenoxy) is 1. The van der Waals surface area contributed by atoms with E-state index in [0.29, 0.717) is 42.0 Å². The Labute approximate surface area is 209 Å². The van der Waals surface area contributed by atoms with Gasteiger partial charge >= 0.3 is 6.09 Å². The van der Waals surface area contributed by atoms with Crippen LogP contribution in [0.15, 0.2) is 24.3 Å². The molecule has 36 heavy (non-hydrogen) atoms. The number of benzene rings is 1. The van der Waals surface area contributed by atoms with Gasteiger partial charge in [-0.1, -0.05) is 6.07 Å². The van der Waals surface area contributed by atoms with E-state index in [1.54, 1.807) is 23.1 Å². The minimum Gasteiger partial charge on any atom is -0.446 e. The number of nitriles is 1. The molecule has 2 aromatic rings. The molecule has 1 aromatic heterocycles. The first-order chi connectivity index (χ1) is 17.3. The number of aromatic amines is 1. The van der Waals surface area contributed by atoms with Gasteiger partial charge in [-0.25, -0.2) is 4.79 Å². The Kier molecular flexibility index (Phi) is 6.39. The lowest BCUT2D eigenvalue weighted by Gasteiger charge is -2.16. The van der Waals surface area contributed by atoms with Crippen LogP contribution < -0.4 is 15.5 Å². The number of hydrogen-bond acceptors (Lipinski definition) is 6. The number of hydrogen-bond donors (Lipinski definition) is 3. The Morgan fingerprint density at radius 1 is 1.31 bits per heavy atom. The lowest BCUT2D eigenvalue weighted by atomic mass is 10.0. The zero-order valence-electron chi connectivity index (χ0n) is 20.3. The molecule has 2 aliphatic carbocycles. The van der Waals surface area contributed by atoms with Gasteiger partial charge in [0.2, 0.25) is 11.8 Å². The molecule has 2 heterocycles. The third-order valence-corrected chi connectivity index (χ3v) is 7.32. The highest BCUT2D eigenvalue weighted by Crippen LogP contribution is 2.37. The van der Waals surface area contributed by atoms with Crippen LogP contribution in [-0.2, 0) is 20.7 Å². The second kappa shape index (κ2) is 9.64. The molecule has 3 amide bonds. The van der Waals surface area contributed by atoms with Crippen molar-refractivity contribution in [1.29, 1.82) is 5.26 Å². The molecule has 1 aromatic carbocycles. The predicted octanol–water partition coefficient (Wildman–Crippen LogP) is 3.50. The summed E-state index contributed by atoms with van der Waals surface area (Å²) in [5.41, 5.74) is 2.45. The van der Waals surface area contributed by atoms with Gasteiger partial charge in [0.25, 0.3) is 0 Å². The summed E-state index contributed by atoms with van der Waals surface area (Å²) in [6.07, 6.45) is 5.18. The van der Waals surface area contributed by atoms with E-state index in [-0.39, 0.29) is 41.9 Å². The number of carbonyl (C=O) groups excluding carboxylic acids is 3. The van der Waals surface area contributed by atoms with Crippen LogP contribution in [0.4, 0.5) is 16.3 Å². The Bertz CT molecular complexity index is 1230. The number of aromatic nitrogens is 2. The molecule has 2 saturated carbocycles. The number of amides is 3. The van der Waals surface area contributed by atoms with Crippen LogP contribution in [0.25, 0.3) is 0 Å². The predicted molar refractivity (Wildman–Crippen MR) is 131 cm³/mol. The Morgan fingerprint density at radius 2 is 2.14 bits per heavy atom. The summed E-state index contributed by atoms with van der Waals surface area (Å²) in [5.74, 6) is 0.349. The molecular weight excluding hydrogens is 460 g/mol. The van der Waals surface area contributed by atoms with Gasteiger partial charge in [-0.2, -0.15) is 10.4 Å². The fourth-order valence-corrected chi connectivity index (χ4v) is 4.95. The number of nitrogens with zero attached hydrogens (tertiary/aromatic N) is 3. The summed E-state index contributed by atoms with van der Waals surface area (Å²) in [6, 6.07) is 9.13. The molecule has 0 radical (unpaired) electrons. The molecule has 3 fully saturated rings. The van der Waals surface area contributed by atoms with E-state index in [9.17, 15) is 19.6 Å². The van der Waals surface area contributed by atoms with Crippen LogP contribution in [0, 0.1) is 11.3 Å². The van der Waals surface area contributed by atoms with Gasteiger partial charge in [-0.3, -0.25) is 14.7 Å². The van der Waals surface area contributed by atoms with E-state index in [1.807, 2.05) is 13.0 Å². The smallest absolute Gasteiger partial charge is 0.407 e. The molecule has 10 nitrogen and oxygen atoms in total. The van der Waals surface area contributed by atoms with Gasteiger partial charge < -0.3 is 20.3 Å². The van der Waals surface area contributed by atoms with Gasteiger partial charge in [-0.15, -0.1) is 0 Å². The Morgan fingerprint density at radius 3 is 2.86 bits per heavy atom. The molecule has 0 spiro atoms. The summed E-state index contributed by atoms with van der Waals surface area (Å²) in [5, 5.41) is 22.5. The minimum atomic E-state index is -0.352. The van der Waals surface area contributed by atoms with Gasteiger partial charge in [-0.05, 0) is 63.1 Å². The zero-order valence-corrected chi connectivity index (χ0v) is 20.3. The molecule has 188 valence electrons. The van der Waals surface area contributed by atoms with E-state index < -0.39 is 0 Å². The summed E-state index contributed by atoms with van der Waals surface area (Å²) in [6.45, 7) is 2.66. The topological polar surface area (TPSA) is 140 Å². The van der Waals surface area contributed by atoms with Crippen LogP contribution in [0.5, 0.6) is 0 Å². The van der Waals surface area contributed by atoms with Crippen molar-refractivity contribution in [2.24, 2.45) is 0 Å². The normalized spacial score (nSPS) is 22.2. The molecule has 5 rings (SSSR count). The summed E-state index contributed by atoms with van der Waals surface area (Å²) in [4.78, 5) is 38.4. The first-order valence-corrected chi connectivity index (χ1v) is 12.5. The number of H-pyrrole nitrogens is 1. The SMILES string of the molecule is CC1(NC(=O)OC2CCC(c3cc(NC(=O)Cc4ccc(N5CCCC5=O)cc4C#N)n[nH]3)C2)CC1. The monoisotopic (exact) mass is 490 g/mol. The summed E-state index contributed by atoms with van der Waals surface area (Å²) < 4.78 is 5.58. The van der Waals surface area contributed by atoms with E-state index in [0.717, 1.165) is 37.8 Å². The van der Waals surface area contributed by atoms with Crippen LogP contribution >= 0.6 is 0 Å². The first kappa shape index (κ1) is 23.9. The number of alkyl carbamates (subject to hydrolysis) is 1. The highest BCUT2D eigenvalue weighted by atomic mass is 16.6. The van der Waals surface area contributed by atoms with Gasteiger partial charge in [0.1, 0.15) is 6.10 Å². The van der Waals surface area contributed by atoms with Crippen molar-refractivity contribution in [3.8, 4) is 6.07 Å². The van der Waals surface area contributed by atoms with Gasteiger partial charge in [0.15, 0.2) is 5.82 Å². The van der Waals surface area contributed by atoms with E-state index in [2.05, 4.69) is 26.9 Å². The molecule has 10 heteroatoms. The van der Waals surface area contributed by atoms with E-state index in [1.165, 1.54) is 0 Å². The van der Waals surface area contributed by atoms with E-state index >= 15 is 0 Å². The van der Waals surface area contributed by atoms with Crippen LogP contribution in [0.1, 0.15) is 74.6 Å². The second-order valence-corrected chi connectivity index (χ2v) is 10.3. The molecule has 2 unspecified atom stereocenters. The lowest BCUT2D eigenvalue weighted by Crippen LogP contribution is -2.36. The maximum absolute atomic E-state index is 12.7. The van der Waals surface area contributed by atoms with E-state index in [4.69, 9.17) is 4.74 Å². The van der Waals surface area contributed by atoms with Crippen LogP contribution in [0.3, 0.4) is 0 Å². The third-order valence-electron chi connectivity index (χ3n) is 7.32. The zero-order chi connectivity index (χ0) is 25.3. The maximum Gasteiger partial charge on any atom is 0.407 e. The van der Waals surface area contributed by atoms with Gasteiger partial charge in [0, 0.05) is 41.9 Å². The molecule has 3 N–H and O–H groups in total. The van der Waals surface area contributed by atoms with Crippen LogP contribution in [0.2, 0.25) is 0 Å². The van der Waals surface area contributed by atoms with Crippen molar-refractivity contribution in [2.75, 3.05) is 16.8 Å². The van der Waals surface area contributed by atoms with Gasteiger partial charge in [0.05, 0.1) is 18.1 Å². The van der Waals surface area contributed by atoms with Crippen LogP contribution in [-0.4, -0.2) is 46.3 Å². The maximum atomic E-state index is 12.7. The molecule has 1 aliphatic heterocycles. The minimum absolute atomic E-state index is 0.0205. The average molecular weight is 491 g/mol. The largest absolute Gasteiger partial charge is 0.446 e. The summed E-state index contributed by atoms with van der Waals surface area (Å²) >= 11 is 0. The highest BCUT2D eigenvalue weighted by molar-refractivity contribution is 5.96. The lowest BCUT2D eigenvalue weighted by molar-refractivity contribution is -0.117. The first-order valence-electron chi connectivity index (χ1n) is 12.5. The molecular formula is C26H30N6O4. The highest BCUT2D eigenvalue weighted by Gasteiger charge is 2.40. The second-order valence-electron chi connectivity index (χ2n) is 10.3. The number of anilines is 2. The van der Waals surface area contributed by atoms with Crippen molar-refractivity contribution in [1.82, 2.24) is 15.5 Å². The molecule has 2 atom stereocenters. The van der Waals surface area contributed by atoms with Crippen molar-refractivity contribution in [2.45, 2.75) is 75.9 Å². The molecule has 3 aliphatic rings. The summed E-state index contributed by atoms with van der Waals surface area (Å²) in [7, 11) is 0. The molecule has 1 saturated heterocycles. The Hall–Kier alpha value is -3.87. The number of rotatable bonds is 7. The number of nitrogens with one attached hydrogen (secondary N) is 3. The van der Waals surface area contributed by atoms with Crippen molar-refractivity contribution in [3.05, 3.63) is 41.1 Å². The standard InChI is InChI=1S/C26H30N6O4/c1-26(8-9-26)29-25(35)36-20-7-5-17(12-20)21-14-22(31-30-21)28-23(33)13-16-4-6-19(11-18(16)15-27)32-10-2-3-24(32)34/h4,6,11,14,17,20H,2-3,5,7-10,12-13H2,1H3,(H,29,35)(H2,28,30,31,33). The number of carbonyl (C=O) groups is 3.